The third-order valence-electron chi connectivity index (χ3n) is 5.39. The maximum absolute atomic E-state index is 13.2. The van der Waals surface area contributed by atoms with Crippen molar-refractivity contribution in [1.82, 2.24) is 9.88 Å². The number of imide groups is 1. The van der Waals surface area contributed by atoms with Gasteiger partial charge in [0.05, 0.1) is 5.69 Å². The molecule has 1 aromatic carbocycles. The first-order chi connectivity index (χ1) is 15.0. The van der Waals surface area contributed by atoms with Gasteiger partial charge in [0.15, 0.2) is 0 Å². The molecule has 1 aromatic heterocycles. The van der Waals surface area contributed by atoms with Crippen molar-refractivity contribution in [3.8, 4) is 0 Å². The third-order valence-corrected chi connectivity index (χ3v) is 6.13. The molecule has 2 heterocycles. The number of halogens is 3. The Bertz CT molecular complexity index is 991. The van der Waals surface area contributed by atoms with Gasteiger partial charge in [-0.2, -0.15) is 13.2 Å². The summed E-state index contributed by atoms with van der Waals surface area (Å²) in [5, 5.41) is 0. The first kappa shape index (κ1) is 23.9. The van der Waals surface area contributed by atoms with Crippen LogP contribution >= 0.6 is 11.8 Å². The van der Waals surface area contributed by atoms with Crippen LogP contribution in [0.25, 0.3) is 0 Å². The summed E-state index contributed by atoms with van der Waals surface area (Å²) in [4.78, 5) is 35.2. The van der Waals surface area contributed by atoms with Gasteiger partial charge < -0.3 is 9.80 Å². The Morgan fingerprint density at radius 1 is 1.06 bits per heavy atom. The number of benzene rings is 1. The number of pyridine rings is 1. The summed E-state index contributed by atoms with van der Waals surface area (Å²) in [5.41, 5.74) is -4.46. The van der Waals surface area contributed by atoms with Gasteiger partial charge in [-0.3, -0.25) is 4.79 Å². The van der Waals surface area contributed by atoms with Crippen LogP contribution in [0, 0.1) is 0 Å². The van der Waals surface area contributed by atoms with Crippen LogP contribution in [0.2, 0.25) is 0 Å². The molecule has 0 aliphatic carbocycles. The van der Waals surface area contributed by atoms with Crippen LogP contribution in [0.5, 0.6) is 0 Å². The van der Waals surface area contributed by atoms with E-state index in [0.29, 0.717) is 0 Å². The Kier molecular flexibility index (Phi) is 6.73. The highest BCUT2D eigenvalue weighted by Gasteiger charge is 2.51. The molecule has 2 aromatic rings. The van der Waals surface area contributed by atoms with Gasteiger partial charge in [-0.1, -0.05) is 0 Å². The van der Waals surface area contributed by atoms with Gasteiger partial charge in [0.2, 0.25) is 0 Å². The summed E-state index contributed by atoms with van der Waals surface area (Å²) in [6.45, 7) is 9.15. The van der Waals surface area contributed by atoms with Gasteiger partial charge in [-0.05, 0) is 81.4 Å². The number of alkyl halides is 3. The van der Waals surface area contributed by atoms with Crippen LogP contribution in [-0.4, -0.2) is 46.0 Å². The van der Waals surface area contributed by atoms with Gasteiger partial charge in [0, 0.05) is 30.7 Å². The molecule has 0 spiro atoms. The minimum absolute atomic E-state index is 0.0165. The molecule has 32 heavy (non-hydrogen) atoms. The Balaban J connectivity index is 1.85. The van der Waals surface area contributed by atoms with Crippen molar-refractivity contribution >= 4 is 35.2 Å². The van der Waals surface area contributed by atoms with Crippen LogP contribution < -0.4 is 9.80 Å². The van der Waals surface area contributed by atoms with Crippen molar-refractivity contribution < 1.29 is 22.8 Å². The molecule has 1 saturated heterocycles. The minimum atomic E-state index is -4.41. The van der Waals surface area contributed by atoms with Crippen molar-refractivity contribution in [3.05, 3.63) is 48.2 Å². The molecule has 0 saturated carbocycles. The van der Waals surface area contributed by atoms with E-state index in [1.807, 2.05) is 19.9 Å². The highest BCUT2D eigenvalue weighted by atomic mass is 32.2. The van der Waals surface area contributed by atoms with Gasteiger partial charge in [0.25, 0.3) is 5.91 Å². The first-order valence-electron chi connectivity index (χ1n) is 10.2. The van der Waals surface area contributed by atoms with Crippen molar-refractivity contribution in [2.45, 2.75) is 50.2 Å². The molecule has 1 aliphatic rings. The fourth-order valence-electron chi connectivity index (χ4n) is 3.59. The number of amides is 3. The largest absolute Gasteiger partial charge is 0.446 e. The Morgan fingerprint density at radius 2 is 1.69 bits per heavy atom. The maximum Gasteiger partial charge on any atom is 0.446 e. The van der Waals surface area contributed by atoms with Crippen LogP contribution in [0.1, 0.15) is 33.3 Å². The minimum Gasteiger partial charge on any atom is -0.357 e. The standard InChI is InChI=1S/C22H25F3N4O2S/c1-5-27(6-2)18-13-15(11-12-26-18)14-28-20(31)29(19(30)21(28,3)4)16-7-9-17(10-8-16)32-22(23,24)25/h7-13H,5-6,14H2,1-4H3. The van der Waals surface area contributed by atoms with E-state index in [0.717, 1.165) is 29.4 Å². The van der Waals surface area contributed by atoms with E-state index in [1.54, 1.807) is 26.1 Å². The second kappa shape index (κ2) is 9.01. The Hall–Kier alpha value is -2.75. The predicted molar refractivity (Wildman–Crippen MR) is 119 cm³/mol. The van der Waals surface area contributed by atoms with Gasteiger partial charge >= 0.3 is 11.5 Å². The lowest BCUT2D eigenvalue weighted by molar-refractivity contribution is -0.123. The smallest absolute Gasteiger partial charge is 0.357 e. The lowest BCUT2D eigenvalue weighted by Crippen LogP contribution is -2.43. The topological polar surface area (TPSA) is 56.8 Å². The zero-order chi connectivity index (χ0) is 23.7. The molecule has 0 N–H and O–H groups in total. The van der Waals surface area contributed by atoms with E-state index < -0.39 is 23.0 Å². The number of urea groups is 1. The number of nitrogens with zero attached hydrogens (tertiary/aromatic N) is 4. The zero-order valence-corrected chi connectivity index (χ0v) is 19.1. The number of hydrogen-bond donors (Lipinski definition) is 0. The average molecular weight is 467 g/mol. The fourth-order valence-corrected chi connectivity index (χ4v) is 4.13. The highest BCUT2D eigenvalue weighted by molar-refractivity contribution is 8.00. The van der Waals surface area contributed by atoms with E-state index >= 15 is 0 Å². The van der Waals surface area contributed by atoms with E-state index in [2.05, 4.69) is 9.88 Å². The lowest BCUT2D eigenvalue weighted by Gasteiger charge is -2.28. The number of anilines is 2. The van der Waals surface area contributed by atoms with Crippen molar-refractivity contribution in [1.29, 1.82) is 0 Å². The van der Waals surface area contributed by atoms with Gasteiger partial charge in [-0.15, -0.1) is 0 Å². The predicted octanol–water partition coefficient (Wildman–Crippen LogP) is 5.29. The van der Waals surface area contributed by atoms with E-state index in [9.17, 15) is 22.8 Å². The van der Waals surface area contributed by atoms with Gasteiger partial charge in [-0.25, -0.2) is 14.7 Å². The van der Waals surface area contributed by atoms with E-state index in [-0.39, 0.29) is 28.9 Å². The number of carbonyl (C=O) groups is 2. The van der Waals surface area contributed by atoms with Crippen LogP contribution in [0.15, 0.2) is 47.5 Å². The third kappa shape index (κ3) is 4.85. The molecule has 0 bridgehead atoms. The second-order valence-electron chi connectivity index (χ2n) is 7.80. The Morgan fingerprint density at radius 3 is 2.25 bits per heavy atom. The van der Waals surface area contributed by atoms with Crippen LogP contribution in [0.3, 0.4) is 0 Å². The fraction of sp³-hybridized carbons (Fsp3) is 0.409. The average Bonchev–Trinajstić information content (AvgIpc) is 2.88. The van der Waals surface area contributed by atoms with E-state index in [1.165, 1.54) is 29.2 Å². The normalized spacial score (nSPS) is 16.1. The SMILES string of the molecule is CCN(CC)c1cc(CN2C(=O)N(c3ccc(SC(F)(F)F)cc3)C(=O)C2(C)C)ccn1. The number of rotatable bonds is 7. The molecule has 3 amide bonds. The molecule has 3 rings (SSSR count). The number of hydrogen-bond acceptors (Lipinski definition) is 5. The van der Waals surface area contributed by atoms with Crippen molar-refractivity contribution in [2.75, 3.05) is 22.9 Å². The highest BCUT2D eigenvalue weighted by Crippen LogP contribution is 2.39. The molecular weight excluding hydrogens is 441 g/mol. The summed E-state index contributed by atoms with van der Waals surface area (Å²) < 4.78 is 37.7. The number of carbonyl (C=O) groups excluding carboxylic acids is 2. The lowest BCUT2D eigenvalue weighted by atomic mass is 10.0. The number of thioether (sulfide) groups is 1. The van der Waals surface area contributed by atoms with Crippen molar-refractivity contribution in [2.24, 2.45) is 0 Å². The molecule has 172 valence electrons. The molecule has 1 aliphatic heterocycles. The summed E-state index contributed by atoms with van der Waals surface area (Å²) in [6.07, 6.45) is 1.67. The van der Waals surface area contributed by atoms with Crippen LogP contribution in [0.4, 0.5) is 29.5 Å². The van der Waals surface area contributed by atoms with Gasteiger partial charge in [0.1, 0.15) is 11.4 Å². The summed E-state index contributed by atoms with van der Waals surface area (Å²) >= 11 is -0.246. The molecule has 0 atom stereocenters. The van der Waals surface area contributed by atoms with E-state index in [4.69, 9.17) is 0 Å². The van der Waals surface area contributed by atoms with Crippen LogP contribution in [-0.2, 0) is 11.3 Å². The molecule has 0 unspecified atom stereocenters. The molecule has 10 heteroatoms. The summed E-state index contributed by atoms with van der Waals surface area (Å²) in [5.74, 6) is 0.356. The molecular formula is C22H25F3N4O2S. The molecule has 1 fully saturated rings. The van der Waals surface area contributed by atoms with Crippen molar-refractivity contribution in [3.63, 3.8) is 0 Å². The maximum atomic E-state index is 13.2. The Labute approximate surface area is 189 Å². The number of aromatic nitrogens is 1. The molecule has 6 nitrogen and oxygen atoms in total. The second-order valence-corrected chi connectivity index (χ2v) is 8.94. The zero-order valence-electron chi connectivity index (χ0n) is 18.3. The summed E-state index contributed by atoms with van der Waals surface area (Å²) in [7, 11) is 0. The first-order valence-corrected chi connectivity index (χ1v) is 11.0. The molecule has 0 radical (unpaired) electrons. The summed E-state index contributed by atoms with van der Waals surface area (Å²) in [6, 6.07) is 8.39. The quantitative estimate of drug-likeness (QED) is 0.410. The monoisotopic (exact) mass is 466 g/mol.